The first-order valence-corrected chi connectivity index (χ1v) is 7.37. The topological polar surface area (TPSA) is 82.3 Å². The van der Waals surface area contributed by atoms with Gasteiger partial charge in [-0.3, -0.25) is 0 Å². The molecule has 6 heteroatoms. The molecule has 1 aromatic rings. The second-order valence-electron chi connectivity index (χ2n) is 5.36. The van der Waals surface area contributed by atoms with Crippen molar-refractivity contribution in [2.24, 2.45) is 5.84 Å². The fraction of sp³-hybridized carbons (Fsp3) is 0.714. The van der Waals surface area contributed by atoms with Gasteiger partial charge in [0, 0.05) is 43.9 Å². The van der Waals surface area contributed by atoms with E-state index in [1.165, 1.54) is 0 Å². The van der Waals surface area contributed by atoms with Crippen LogP contribution >= 0.6 is 0 Å². The number of nitrogens with zero attached hydrogens (tertiary/aromatic N) is 2. The molecule has 0 saturated carbocycles. The summed E-state index contributed by atoms with van der Waals surface area (Å²) in [6.07, 6.45) is 4.71. The molecule has 0 unspecified atom stereocenters. The van der Waals surface area contributed by atoms with Gasteiger partial charge in [-0.05, 0) is 26.2 Å². The Morgan fingerprint density at radius 3 is 2.80 bits per heavy atom. The van der Waals surface area contributed by atoms with E-state index in [-0.39, 0.29) is 0 Å². The molecule has 0 radical (unpaired) electrons. The normalized spacial score (nSPS) is 20.7. The van der Waals surface area contributed by atoms with Crippen molar-refractivity contribution in [1.29, 1.82) is 0 Å². The molecule has 1 aromatic heterocycles. The Morgan fingerprint density at radius 1 is 1.30 bits per heavy atom. The summed E-state index contributed by atoms with van der Waals surface area (Å²) >= 11 is 0. The van der Waals surface area contributed by atoms with Crippen molar-refractivity contribution in [1.82, 2.24) is 9.97 Å². The van der Waals surface area contributed by atoms with Crippen LogP contribution in [0.1, 0.15) is 43.3 Å². The van der Waals surface area contributed by atoms with E-state index in [9.17, 15) is 0 Å². The molecule has 0 amide bonds. The number of aryl methyl sites for hydroxylation is 1. The molecule has 1 fully saturated rings. The summed E-state index contributed by atoms with van der Waals surface area (Å²) in [5, 5.41) is 0. The van der Waals surface area contributed by atoms with Gasteiger partial charge in [-0.15, -0.1) is 0 Å². The third-order valence-corrected chi connectivity index (χ3v) is 4.20. The van der Waals surface area contributed by atoms with Crippen LogP contribution in [0.4, 0.5) is 5.82 Å². The van der Waals surface area contributed by atoms with Crippen LogP contribution < -0.4 is 11.3 Å². The Hall–Kier alpha value is -1.24. The predicted octanol–water partition coefficient (Wildman–Crippen LogP) is 1.29. The lowest BCUT2D eigenvalue weighted by Gasteiger charge is -2.35. The number of hydrogen-bond donors (Lipinski definition) is 2. The van der Waals surface area contributed by atoms with Gasteiger partial charge >= 0.3 is 0 Å². The van der Waals surface area contributed by atoms with Gasteiger partial charge in [-0.2, -0.15) is 0 Å². The highest BCUT2D eigenvalue weighted by atomic mass is 16.5. The molecule has 0 bridgehead atoms. The van der Waals surface area contributed by atoms with Crippen molar-refractivity contribution in [3.8, 4) is 0 Å². The van der Waals surface area contributed by atoms with E-state index in [4.69, 9.17) is 20.3 Å². The highest BCUT2D eigenvalue weighted by Gasteiger charge is 2.39. The van der Waals surface area contributed by atoms with Crippen LogP contribution in [0.25, 0.3) is 0 Å². The van der Waals surface area contributed by atoms with Crippen molar-refractivity contribution in [2.75, 3.05) is 25.2 Å². The second kappa shape index (κ2) is 5.63. The minimum absolute atomic E-state index is 0.420. The van der Waals surface area contributed by atoms with Crippen molar-refractivity contribution >= 4 is 5.82 Å². The first-order chi connectivity index (χ1) is 9.79. The molecule has 1 saturated heterocycles. The van der Waals surface area contributed by atoms with E-state index in [1.54, 1.807) is 0 Å². The second-order valence-corrected chi connectivity index (χ2v) is 5.36. The Labute approximate surface area is 119 Å². The average Bonchev–Trinajstić information content (AvgIpc) is 2.96. The van der Waals surface area contributed by atoms with E-state index in [0.717, 1.165) is 55.0 Å². The van der Waals surface area contributed by atoms with Gasteiger partial charge in [-0.1, -0.05) is 0 Å². The number of ether oxygens (including phenoxy) is 2. The number of nitrogens with two attached hydrogens (primary N) is 1. The van der Waals surface area contributed by atoms with Gasteiger partial charge in [0.1, 0.15) is 11.4 Å². The van der Waals surface area contributed by atoms with Gasteiger partial charge in [-0.25, -0.2) is 15.8 Å². The first kappa shape index (κ1) is 13.7. The van der Waals surface area contributed by atoms with E-state index < -0.39 is 5.60 Å². The van der Waals surface area contributed by atoms with Gasteiger partial charge in [0.15, 0.2) is 5.82 Å². The van der Waals surface area contributed by atoms with Crippen LogP contribution in [0.5, 0.6) is 0 Å². The number of hydrazine groups is 1. The van der Waals surface area contributed by atoms with Crippen LogP contribution in [-0.2, 0) is 27.9 Å². The maximum Gasteiger partial charge on any atom is 0.163 e. The van der Waals surface area contributed by atoms with Crippen LogP contribution in [0.15, 0.2) is 0 Å². The summed E-state index contributed by atoms with van der Waals surface area (Å²) in [5.41, 5.74) is 4.59. The molecule has 3 N–H and O–H groups in total. The highest BCUT2D eigenvalue weighted by Crippen LogP contribution is 2.36. The lowest BCUT2D eigenvalue weighted by Crippen LogP contribution is -2.39. The molecule has 1 aliphatic heterocycles. The highest BCUT2D eigenvalue weighted by molar-refractivity contribution is 5.48. The quantitative estimate of drug-likeness (QED) is 0.638. The number of fused-ring (bicyclic) bond motifs is 1. The van der Waals surface area contributed by atoms with Crippen LogP contribution in [0.2, 0.25) is 0 Å². The Balaban J connectivity index is 2.02. The van der Waals surface area contributed by atoms with E-state index in [0.29, 0.717) is 19.8 Å². The Bertz CT molecular complexity index is 481. The third kappa shape index (κ3) is 2.28. The fourth-order valence-corrected chi connectivity index (χ4v) is 3.17. The zero-order valence-corrected chi connectivity index (χ0v) is 11.9. The number of rotatable bonds is 4. The molecule has 2 aliphatic rings. The molecule has 0 aromatic carbocycles. The molecule has 0 atom stereocenters. The molecular formula is C14H22N4O2. The zero-order valence-electron chi connectivity index (χ0n) is 11.9. The third-order valence-electron chi connectivity index (χ3n) is 4.20. The minimum atomic E-state index is -0.420. The van der Waals surface area contributed by atoms with E-state index in [2.05, 4.69) is 10.4 Å². The number of anilines is 1. The molecule has 20 heavy (non-hydrogen) atoms. The van der Waals surface area contributed by atoms with Crippen molar-refractivity contribution in [3.63, 3.8) is 0 Å². The van der Waals surface area contributed by atoms with E-state index in [1.807, 2.05) is 6.92 Å². The number of nitrogen functional groups attached to an aromatic ring is 1. The molecule has 2 heterocycles. The van der Waals surface area contributed by atoms with Crippen molar-refractivity contribution < 1.29 is 9.47 Å². The van der Waals surface area contributed by atoms with E-state index >= 15 is 0 Å². The van der Waals surface area contributed by atoms with Crippen LogP contribution in [0, 0.1) is 0 Å². The molecule has 6 nitrogen and oxygen atoms in total. The predicted molar refractivity (Wildman–Crippen MR) is 75.2 cm³/mol. The number of nitrogens with one attached hydrogen (secondary N) is 1. The SMILES string of the molecule is CCOC1(c2nc3c(c(NN)n2)CCC3)CCOCC1. The summed E-state index contributed by atoms with van der Waals surface area (Å²) < 4.78 is 11.5. The van der Waals surface area contributed by atoms with Crippen molar-refractivity contribution in [3.05, 3.63) is 17.1 Å². The summed E-state index contributed by atoms with van der Waals surface area (Å²) in [5.74, 6) is 7.15. The number of hydrogen-bond acceptors (Lipinski definition) is 6. The Kier molecular flexibility index (Phi) is 3.87. The maximum atomic E-state index is 6.04. The van der Waals surface area contributed by atoms with Crippen molar-refractivity contribution in [2.45, 2.75) is 44.6 Å². The minimum Gasteiger partial charge on any atom is -0.381 e. The van der Waals surface area contributed by atoms with Gasteiger partial charge in [0.2, 0.25) is 0 Å². The average molecular weight is 278 g/mol. The van der Waals surface area contributed by atoms with Crippen LogP contribution in [-0.4, -0.2) is 29.8 Å². The summed E-state index contributed by atoms with van der Waals surface area (Å²) in [4.78, 5) is 9.44. The zero-order chi connectivity index (χ0) is 14.0. The molecular weight excluding hydrogens is 256 g/mol. The molecule has 0 spiro atoms. The summed E-state index contributed by atoms with van der Waals surface area (Å²) in [7, 11) is 0. The van der Waals surface area contributed by atoms with Gasteiger partial charge < -0.3 is 14.9 Å². The Morgan fingerprint density at radius 2 is 2.10 bits per heavy atom. The lowest BCUT2D eigenvalue weighted by atomic mass is 9.92. The van der Waals surface area contributed by atoms with Crippen LogP contribution in [0.3, 0.4) is 0 Å². The molecule has 3 rings (SSSR count). The molecule has 110 valence electrons. The fourth-order valence-electron chi connectivity index (χ4n) is 3.17. The lowest BCUT2D eigenvalue weighted by molar-refractivity contribution is -0.117. The van der Waals surface area contributed by atoms with Gasteiger partial charge in [0.25, 0.3) is 0 Å². The maximum absolute atomic E-state index is 6.04. The summed E-state index contributed by atoms with van der Waals surface area (Å²) in [6.45, 7) is 4.02. The smallest absolute Gasteiger partial charge is 0.163 e. The molecule has 1 aliphatic carbocycles. The number of aromatic nitrogens is 2. The standard InChI is InChI=1S/C14H22N4O2/c1-2-20-14(6-8-19-9-7-14)13-16-11-5-3-4-10(11)12(17-13)18-15/h2-9,15H2,1H3,(H,16,17,18). The monoisotopic (exact) mass is 278 g/mol. The summed E-state index contributed by atoms with van der Waals surface area (Å²) in [6, 6.07) is 0. The van der Waals surface area contributed by atoms with Gasteiger partial charge in [0.05, 0.1) is 0 Å². The largest absolute Gasteiger partial charge is 0.381 e. The first-order valence-electron chi connectivity index (χ1n) is 7.37.